The number of carbonyl (C=O) groups excluding carboxylic acids is 1. The number of nitrogens with zero attached hydrogens (tertiary/aromatic N) is 4. The zero-order valence-electron chi connectivity index (χ0n) is 19.9. The van der Waals surface area contributed by atoms with Gasteiger partial charge >= 0.3 is 0 Å². The molecule has 0 aliphatic carbocycles. The first kappa shape index (κ1) is 23.0. The van der Waals surface area contributed by atoms with Gasteiger partial charge in [0.2, 0.25) is 5.91 Å². The molecule has 6 aromatic rings. The lowest BCUT2D eigenvalue weighted by Crippen LogP contribution is -2.11. The molecule has 0 saturated carbocycles. The van der Waals surface area contributed by atoms with Crippen LogP contribution in [0.15, 0.2) is 61.3 Å². The Kier molecular flexibility index (Phi) is 5.93. The van der Waals surface area contributed by atoms with Crippen LogP contribution in [0.5, 0.6) is 0 Å². The normalized spacial score (nSPS) is 11.4. The van der Waals surface area contributed by atoms with Crippen LogP contribution in [0.1, 0.15) is 26.2 Å². The van der Waals surface area contributed by atoms with Gasteiger partial charge in [0, 0.05) is 57.4 Å². The minimum atomic E-state index is -0.236. The number of fused-ring (bicyclic) bond motifs is 2. The van der Waals surface area contributed by atoms with Gasteiger partial charge in [-0.25, -0.2) is 4.98 Å². The van der Waals surface area contributed by atoms with Gasteiger partial charge in [0.25, 0.3) is 0 Å². The largest absolute Gasteiger partial charge is 0.352 e. The number of aromatic nitrogens is 6. The summed E-state index contributed by atoms with van der Waals surface area (Å²) in [6, 6.07) is 9.13. The quantitative estimate of drug-likeness (QED) is 0.225. The van der Waals surface area contributed by atoms with Gasteiger partial charge in [0.15, 0.2) is 10.8 Å². The maximum absolute atomic E-state index is 13.7. The molecular formula is C27H22FN7OS. The third kappa shape index (κ3) is 4.47. The summed E-state index contributed by atoms with van der Waals surface area (Å²) in [6.07, 6.45) is 10.9. The third-order valence-electron chi connectivity index (χ3n) is 6.18. The van der Waals surface area contributed by atoms with Crippen molar-refractivity contribution in [2.75, 3.05) is 5.32 Å². The van der Waals surface area contributed by atoms with Gasteiger partial charge in [-0.05, 0) is 36.8 Å². The van der Waals surface area contributed by atoms with E-state index in [1.165, 1.54) is 6.07 Å². The minimum Gasteiger partial charge on any atom is -0.352 e. The lowest BCUT2D eigenvalue weighted by molar-refractivity contribution is -0.116. The van der Waals surface area contributed by atoms with E-state index in [0.717, 1.165) is 73.4 Å². The van der Waals surface area contributed by atoms with Gasteiger partial charge in [0.05, 0.1) is 35.0 Å². The molecule has 0 unspecified atom stereocenters. The number of anilines is 1. The molecule has 0 aliphatic heterocycles. The van der Waals surface area contributed by atoms with E-state index >= 15 is 0 Å². The van der Waals surface area contributed by atoms with Crippen LogP contribution in [0.2, 0.25) is 0 Å². The summed E-state index contributed by atoms with van der Waals surface area (Å²) >= 11 is 1.09. The molecule has 0 aromatic carbocycles. The standard InChI is InChI=1S/C27H22FN7OS/c1-2-3-4-25(36)32-17-7-15(10-29-12-17)16-8-19-26(34-35-27(19)31-11-16)21-9-18-20(13-30-14-22(18)33-21)23-5-6-24(28)37-23/h5-14,33H,2-4H2,1H3,(H,32,36)(H,31,34,35). The van der Waals surface area contributed by atoms with Crippen LogP contribution in [-0.2, 0) is 4.79 Å². The number of pyridine rings is 3. The molecule has 0 atom stereocenters. The highest BCUT2D eigenvalue weighted by molar-refractivity contribution is 7.14. The Bertz CT molecular complexity index is 1750. The number of H-pyrrole nitrogens is 2. The molecule has 0 spiro atoms. The van der Waals surface area contributed by atoms with E-state index in [1.807, 2.05) is 18.2 Å². The van der Waals surface area contributed by atoms with Crippen molar-refractivity contribution >= 4 is 44.9 Å². The first-order chi connectivity index (χ1) is 18.1. The number of aromatic amines is 2. The molecule has 6 rings (SSSR count). The molecule has 37 heavy (non-hydrogen) atoms. The van der Waals surface area contributed by atoms with Crippen LogP contribution in [0.3, 0.4) is 0 Å². The molecule has 0 fully saturated rings. The topological polar surface area (TPSA) is 112 Å². The number of hydrogen-bond donors (Lipinski definition) is 3. The second-order valence-corrected chi connectivity index (χ2v) is 9.78. The van der Waals surface area contributed by atoms with Gasteiger partial charge in [-0.15, -0.1) is 11.3 Å². The Morgan fingerprint density at radius 3 is 2.73 bits per heavy atom. The predicted molar refractivity (Wildman–Crippen MR) is 144 cm³/mol. The maximum atomic E-state index is 13.7. The molecule has 0 radical (unpaired) electrons. The lowest BCUT2D eigenvalue weighted by atomic mass is 10.1. The fourth-order valence-corrected chi connectivity index (χ4v) is 5.09. The Balaban J connectivity index is 1.37. The summed E-state index contributed by atoms with van der Waals surface area (Å²) in [6.45, 7) is 2.05. The summed E-state index contributed by atoms with van der Waals surface area (Å²) in [7, 11) is 0. The third-order valence-corrected chi connectivity index (χ3v) is 7.08. The van der Waals surface area contributed by atoms with Gasteiger partial charge in [-0.3, -0.25) is 19.9 Å². The predicted octanol–water partition coefficient (Wildman–Crippen LogP) is 6.56. The van der Waals surface area contributed by atoms with E-state index in [4.69, 9.17) is 0 Å². The van der Waals surface area contributed by atoms with Gasteiger partial charge in [-0.1, -0.05) is 13.3 Å². The average molecular weight is 512 g/mol. The van der Waals surface area contributed by atoms with E-state index in [1.54, 1.807) is 37.1 Å². The fourth-order valence-electron chi connectivity index (χ4n) is 4.33. The smallest absolute Gasteiger partial charge is 0.224 e. The van der Waals surface area contributed by atoms with Crippen molar-refractivity contribution in [3.63, 3.8) is 0 Å². The molecule has 6 aromatic heterocycles. The number of carbonyl (C=O) groups is 1. The Labute approximate surface area is 215 Å². The van der Waals surface area contributed by atoms with Crippen LogP contribution in [0.4, 0.5) is 10.1 Å². The second kappa shape index (κ2) is 9.55. The van der Waals surface area contributed by atoms with E-state index in [-0.39, 0.29) is 11.0 Å². The molecule has 0 saturated heterocycles. The number of hydrogen-bond acceptors (Lipinski definition) is 6. The number of thiophene rings is 1. The van der Waals surface area contributed by atoms with Crippen LogP contribution in [-0.4, -0.2) is 36.0 Å². The van der Waals surface area contributed by atoms with Crippen LogP contribution in [0.25, 0.3) is 54.9 Å². The Morgan fingerprint density at radius 1 is 1.03 bits per heavy atom. The number of halogens is 1. The average Bonchev–Trinajstić information content (AvgIpc) is 3.64. The zero-order chi connectivity index (χ0) is 25.4. The van der Waals surface area contributed by atoms with E-state index in [9.17, 15) is 9.18 Å². The van der Waals surface area contributed by atoms with Crippen LogP contribution >= 0.6 is 11.3 Å². The minimum absolute atomic E-state index is 0.0237. The molecule has 184 valence electrons. The van der Waals surface area contributed by atoms with E-state index < -0.39 is 0 Å². The van der Waals surface area contributed by atoms with Crippen LogP contribution < -0.4 is 5.32 Å². The van der Waals surface area contributed by atoms with E-state index in [2.05, 4.69) is 42.4 Å². The highest BCUT2D eigenvalue weighted by Crippen LogP contribution is 2.36. The Hall–Kier alpha value is -4.44. The molecule has 8 nitrogen and oxygen atoms in total. The monoisotopic (exact) mass is 511 g/mol. The summed E-state index contributed by atoms with van der Waals surface area (Å²) in [5, 5.41) is 11.9. The fraction of sp³-hybridized carbons (Fsp3) is 0.148. The Morgan fingerprint density at radius 2 is 1.89 bits per heavy atom. The van der Waals surface area contributed by atoms with Crippen molar-refractivity contribution in [1.82, 2.24) is 30.1 Å². The molecule has 1 amide bonds. The lowest BCUT2D eigenvalue weighted by Gasteiger charge is -2.07. The first-order valence-electron chi connectivity index (χ1n) is 11.9. The number of rotatable bonds is 7. The molecule has 0 aliphatic rings. The first-order valence-corrected chi connectivity index (χ1v) is 12.7. The number of nitrogens with one attached hydrogen (secondary N) is 3. The van der Waals surface area contributed by atoms with Crippen molar-refractivity contribution in [2.24, 2.45) is 0 Å². The SMILES string of the molecule is CCCCC(=O)Nc1cncc(-c2cnc3n[nH]c(-c4cc5c(-c6ccc(F)s6)cncc5[nH]4)c3c2)c1. The van der Waals surface area contributed by atoms with Gasteiger partial charge < -0.3 is 10.3 Å². The summed E-state index contributed by atoms with van der Waals surface area (Å²) in [5.41, 5.74) is 6.19. The van der Waals surface area contributed by atoms with Crippen molar-refractivity contribution in [3.8, 4) is 33.0 Å². The van der Waals surface area contributed by atoms with Crippen molar-refractivity contribution < 1.29 is 9.18 Å². The maximum Gasteiger partial charge on any atom is 0.224 e. The highest BCUT2D eigenvalue weighted by Gasteiger charge is 2.16. The second-order valence-electron chi connectivity index (χ2n) is 8.74. The van der Waals surface area contributed by atoms with E-state index in [0.29, 0.717) is 17.8 Å². The van der Waals surface area contributed by atoms with Gasteiger partial charge in [0.1, 0.15) is 0 Å². The summed E-state index contributed by atoms with van der Waals surface area (Å²) < 4.78 is 13.7. The van der Waals surface area contributed by atoms with Crippen LogP contribution in [0, 0.1) is 5.13 Å². The molecule has 0 bridgehead atoms. The summed E-state index contributed by atoms with van der Waals surface area (Å²) in [4.78, 5) is 29.5. The summed E-state index contributed by atoms with van der Waals surface area (Å²) in [5.74, 6) is -0.0237. The van der Waals surface area contributed by atoms with Crippen molar-refractivity contribution in [1.29, 1.82) is 0 Å². The molecule has 3 N–H and O–H groups in total. The highest BCUT2D eigenvalue weighted by atomic mass is 32.1. The molecule has 10 heteroatoms. The van der Waals surface area contributed by atoms with Crippen molar-refractivity contribution in [2.45, 2.75) is 26.2 Å². The number of unbranched alkanes of at least 4 members (excludes halogenated alkanes) is 1. The van der Waals surface area contributed by atoms with Gasteiger partial charge in [-0.2, -0.15) is 9.49 Å². The molecule has 6 heterocycles. The zero-order valence-corrected chi connectivity index (χ0v) is 20.7. The van der Waals surface area contributed by atoms with Crippen molar-refractivity contribution in [3.05, 3.63) is 66.4 Å². The number of amides is 1. The molecular weight excluding hydrogens is 489 g/mol.